The molecule has 0 spiro atoms. The molecule has 0 atom stereocenters. The Labute approximate surface area is 133 Å². The highest BCUT2D eigenvalue weighted by atomic mass is 79.9. The SMILES string of the molecule is Cc1cc(NS(=O)(=O)c2ccc(Br)c(F)c2)ccc1Br. The summed E-state index contributed by atoms with van der Waals surface area (Å²) in [4.78, 5) is -0.126. The summed E-state index contributed by atoms with van der Waals surface area (Å²) < 4.78 is 41.3. The molecule has 0 unspecified atom stereocenters. The second kappa shape index (κ2) is 5.83. The van der Waals surface area contributed by atoms with Gasteiger partial charge in [0.25, 0.3) is 10.0 Å². The van der Waals surface area contributed by atoms with Gasteiger partial charge in [-0.05, 0) is 64.8 Å². The van der Waals surface area contributed by atoms with Gasteiger partial charge in [-0.15, -0.1) is 0 Å². The molecule has 7 heteroatoms. The van der Waals surface area contributed by atoms with Gasteiger partial charge in [-0.3, -0.25) is 4.72 Å². The topological polar surface area (TPSA) is 46.2 Å². The molecule has 0 bridgehead atoms. The maximum Gasteiger partial charge on any atom is 0.261 e. The highest BCUT2D eigenvalue weighted by molar-refractivity contribution is 9.10. The van der Waals surface area contributed by atoms with Crippen LogP contribution in [0.2, 0.25) is 0 Å². The van der Waals surface area contributed by atoms with Crippen LogP contribution >= 0.6 is 31.9 Å². The summed E-state index contributed by atoms with van der Waals surface area (Å²) >= 11 is 6.32. The minimum Gasteiger partial charge on any atom is -0.280 e. The fraction of sp³-hybridized carbons (Fsp3) is 0.0769. The van der Waals surface area contributed by atoms with Crippen LogP contribution in [0.15, 0.2) is 50.2 Å². The zero-order valence-corrected chi connectivity index (χ0v) is 14.3. The van der Waals surface area contributed by atoms with Crippen LogP contribution in [0.3, 0.4) is 0 Å². The Kier molecular flexibility index (Phi) is 4.51. The fourth-order valence-corrected chi connectivity index (χ4v) is 3.12. The standard InChI is InChI=1S/C13H10Br2FNO2S/c1-8-6-9(2-4-11(8)14)17-20(18,19)10-3-5-12(15)13(16)7-10/h2-7,17H,1H3. The molecule has 0 aliphatic rings. The molecule has 2 aromatic rings. The summed E-state index contributed by atoms with van der Waals surface area (Å²) in [7, 11) is -3.81. The largest absolute Gasteiger partial charge is 0.280 e. The van der Waals surface area contributed by atoms with Crippen LogP contribution in [-0.2, 0) is 10.0 Å². The lowest BCUT2D eigenvalue weighted by Crippen LogP contribution is -2.13. The first kappa shape index (κ1) is 15.5. The van der Waals surface area contributed by atoms with Gasteiger partial charge in [-0.1, -0.05) is 15.9 Å². The Bertz CT molecular complexity index is 763. The van der Waals surface area contributed by atoms with E-state index in [0.29, 0.717) is 5.69 Å². The van der Waals surface area contributed by atoms with Crippen molar-refractivity contribution in [1.82, 2.24) is 0 Å². The van der Waals surface area contributed by atoms with E-state index in [2.05, 4.69) is 36.6 Å². The maximum absolute atomic E-state index is 13.4. The number of halogens is 3. The quantitative estimate of drug-likeness (QED) is 0.793. The predicted octanol–water partition coefficient (Wildman–Crippen LogP) is 4.46. The lowest BCUT2D eigenvalue weighted by atomic mass is 10.2. The number of anilines is 1. The number of rotatable bonds is 3. The molecule has 0 aliphatic carbocycles. The summed E-state index contributed by atoms with van der Waals surface area (Å²) in [6.07, 6.45) is 0. The van der Waals surface area contributed by atoms with Gasteiger partial charge in [0.05, 0.1) is 9.37 Å². The summed E-state index contributed by atoms with van der Waals surface area (Å²) in [6, 6.07) is 8.73. The van der Waals surface area contributed by atoms with Crippen LogP contribution < -0.4 is 4.72 Å². The third kappa shape index (κ3) is 3.39. The lowest BCUT2D eigenvalue weighted by molar-refractivity contribution is 0.593. The number of hydrogen-bond donors (Lipinski definition) is 1. The van der Waals surface area contributed by atoms with E-state index in [0.717, 1.165) is 16.1 Å². The summed E-state index contributed by atoms with van der Waals surface area (Å²) in [6.45, 7) is 1.85. The highest BCUT2D eigenvalue weighted by Gasteiger charge is 2.16. The van der Waals surface area contributed by atoms with Gasteiger partial charge < -0.3 is 0 Å². The molecule has 0 aliphatic heterocycles. The van der Waals surface area contributed by atoms with Crippen molar-refractivity contribution < 1.29 is 12.8 Å². The van der Waals surface area contributed by atoms with Crippen molar-refractivity contribution in [3.8, 4) is 0 Å². The van der Waals surface area contributed by atoms with E-state index in [-0.39, 0.29) is 9.37 Å². The number of benzene rings is 2. The van der Waals surface area contributed by atoms with Gasteiger partial charge in [0.1, 0.15) is 5.82 Å². The first-order valence-corrected chi connectivity index (χ1v) is 8.60. The zero-order valence-electron chi connectivity index (χ0n) is 10.3. The summed E-state index contributed by atoms with van der Waals surface area (Å²) in [5.41, 5.74) is 1.32. The zero-order chi connectivity index (χ0) is 14.9. The number of sulfonamides is 1. The molecule has 3 nitrogen and oxygen atoms in total. The molecule has 0 aromatic heterocycles. The normalized spacial score (nSPS) is 11.4. The Balaban J connectivity index is 2.35. The van der Waals surface area contributed by atoms with Gasteiger partial charge in [0, 0.05) is 10.2 Å². The maximum atomic E-state index is 13.4. The van der Waals surface area contributed by atoms with Crippen molar-refractivity contribution in [2.75, 3.05) is 4.72 Å². The minimum absolute atomic E-state index is 0.126. The Hall–Kier alpha value is -0.920. The van der Waals surface area contributed by atoms with E-state index < -0.39 is 15.8 Å². The van der Waals surface area contributed by atoms with Gasteiger partial charge in [-0.2, -0.15) is 0 Å². The first-order chi connectivity index (χ1) is 9.29. The van der Waals surface area contributed by atoms with E-state index in [1.165, 1.54) is 12.1 Å². The minimum atomic E-state index is -3.81. The molecule has 0 saturated carbocycles. The highest BCUT2D eigenvalue weighted by Crippen LogP contribution is 2.24. The average molecular weight is 423 g/mol. The van der Waals surface area contributed by atoms with Crippen LogP contribution in [0.1, 0.15) is 5.56 Å². The van der Waals surface area contributed by atoms with Crippen LogP contribution in [0.4, 0.5) is 10.1 Å². The smallest absolute Gasteiger partial charge is 0.261 e. The van der Waals surface area contributed by atoms with Crippen molar-refractivity contribution >= 4 is 47.6 Å². The van der Waals surface area contributed by atoms with Crippen LogP contribution in [0.25, 0.3) is 0 Å². The fourth-order valence-electron chi connectivity index (χ4n) is 1.57. The van der Waals surface area contributed by atoms with Gasteiger partial charge in [-0.25, -0.2) is 12.8 Å². The van der Waals surface area contributed by atoms with Gasteiger partial charge >= 0.3 is 0 Å². The number of aryl methyl sites for hydroxylation is 1. The van der Waals surface area contributed by atoms with Crippen molar-refractivity contribution in [2.24, 2.45) is 0 Å². The first-order valence-electron chi connectivity index (χ1n) is 5.53. The monoisotopic (exact) mass is 421 g/mol. The Morgan fingerprint density at radius 1 is 1.05 bits per heavy atom. The molecular formula is C13H10Br2FNO2S. The molecule has 0 radical (unpaired) electrons. The Morgan fingerprint density at radius 3 is 2.30 bits per heavy atom. The number of hydrogen-bond acceptors (Lipinski definition) is 2. The van der Waals surface area contributed by atoms with E-state index in [1.807, 2.05) is 6.92 Å². The molecule has 106 valence electrons. The Morgan fingerprint density at radius 2 is 1.70 bits per heavy atom. The second-order valence-electron chi connectivity index (χ2n) is 4.15. The molecule has 2 rings (SSSR count). The molecule has 20 heavy (non-hydrogen) atoms. The second-order valence-corrected chi connectivity index (χ2v) is 7.54. The van der Waals surface area contributed by atoms with Crippen molar-refractivity contribution in [3.63, 3.8) is 0 Å². The van der Waals surface area contributed by atoms with Crippen molar-refractivity contribution in [2.45, 2.75) is 11.8 Å². The van der Waals surface area contributed by atoms with E-state index in [9.17, 15) is 12.8 Å². The van der Waals surface area contributed by atoms with E-state index >= 15 is 0 Å². The molecular weight excluding hydrogens is 413 g/mol. The summed E-state index contributed by atoms with van der Waals surface area (Å²) in [5.74, 6) is -0.625. The third-order valence-corrected chi connectivity index (χ3v) is 5.52. The van der Waals surface area contributed by atoms with Crippen LogP contribution in [0.5, 0.6) is 0 Å². The van der Waals surface area contributed by atoms with Crippen molar-refractivity contribution in [3.05, 3.63) is 56.7 Å². The molecule has 0 heterocycles. The number of nitrogens with one attached hydrogen (secondary N) is 1. The molecule has 2 aromatic carbocycles. The summed E-state index contributed by atoms with van der Waals surface area (Å²) in [5, 5.41) is 0. The van der Waals surface area contributed by atoms with Crippen molar-refractivity contribution in [1.29, 1.82) is 0 Å². The molecule has 0 saturated heterocycles. The third-order valence-electron chi connectivity index (χ3n) is 2.61. The van der Waals surface area contributed by atoms with Gasteiger partial charge in [0.2, 0.25) is 0 Å². The van der Waals surface area contributed by atoms with E-state index in [1.54, 1.807) is 18.2 Å². The van der Waals surface area contributed by atoms with Gasteiger partial charge in [0.15, 0.2) is 0 Å². The predicted molar refractivity (Wildman–Crippen MR) is 83.8 cm³/mol. The molecule has 0 fully saturated rings. The lowest BCUT2D eigenvalue weighted by Gasteiger charge is -2.10. The van der Waals surface area contributed by atoms with Crippen LogP contribution in [-0.4, -0.2) is 8.42 Å². The molecule has 1 N–H and O–H groups in total. The average Bonchev–Trinajstić information content (AvgIpc) is 2.37. The van der Waals surface area contributed by atoms with Crippen LogP contribution in [0, 0.1) is 12.7 Å². The van der Waals surface area contributed by atoms with E-state index in [4.69, 9.17) is 0 Å². The molecule has 0 amide bonds.